The van der Waals surface area contributed by atoms with Crippen molar-refractivity contribution in [3.05, 3.63) is 0 Å². The van der Waals surface area contributed by atoms with Crippen molar-refractivity contribution in [2.24, 2.45) is 17.6 Å². The largest absolute Gasteiger partial charge is 0.394 e. The van der Waals surface area contributed by atoms with E-state index >= 15 is 0 Å². The number of hydrogen-bond acceptors (Lipinski definition) is 3. The summed E-state index contributed by atoms with van der Waals surface area (Å²) < 4.78 is 5.75. The van der Waals surface area contributed by atoms with Crippen LogP contribution in [-0.2, 0) is 4.74 Å². The van der Waals surface area contributed by atoms with Gasteiger partial charge in [0.2, 0.25) is 0 Å². The Hall–Kier alpha value is -0.120. The molecule has 0 aromatic heterocycles. The Morgan fingerprint density at radius 3 is 2.38 bits per heavy atom. The van der Waals surface area contributed by atoms with Crippen LogP contribution in [-0.4, -0.2) is 30.5 Å². The smallest absolute Gasteiger partial charge is 0.0671 e. The van der Waals surface area contributed by atoms with Gasteiger partial charge in [0.1, 0.15) is 0 Å². The predicted molar refractivity (Wildman–Crippen MR) is 64.1 cm³/mol. The minimum atomic E-state index is -0.464. The summed E-state index contributed by atoms with van der Waals surface area (Å²) in [4.78, 5) is 0. The Morgan fingerprint density at radius 2 is 1.81 bits per heavy atom. The molecule has 0 saturated heterocycles. The molecule has 16 heavy (non-hydrogen) atoms. The van der Waals surface area contributed by atoms with Crippen LogP contribution in [0.25, 0.3) is 0 Å². The lowest BCUT2D eigenvalue weighted by molar-refractivity contribution is 0.0216. The molecule has 2 saturated carbocycles. The van der Waals surface area contributed by atoms with Crippen molar-refractivity contribution in [3.63, 3.8) is 0 Å². The molecule has 0 amide bonds. The van der Waals surface area contributed by atoms with Gasteiger partial charge in [-0.1, -0.05) is 19.3 Å². The van der Waals surface area contributed by atoms with E-state index < -0.39 is 5.54 Å². The molecule has 0 aliphatic heterocycles. The zero-order valence-corrected chi connectivity index (χ0v) is 10.2. The SMILES string of the molecule is NC(CO)(COCC1CCCCC1)C1CC1. The van der Waals surface area contributed by atoms with Gasteiger partial charge in [-0.3, -0.25) is 0 Å². The van der Waals surface area contributed by atoms with Gasteiger partial charge in [0.05, 0.1) is 18.8 Å². The van der Waals surface area contributed by atoms with E-state index in [2.05, 4.69) is 0 Å². The van der Waals surface area contributed by atoms with Gasteiger partial charge in [-0.15, -0.1) is 0 Å². The van der Waals surface area contributed by atoms with Crippen molar-refractivity contribution in [2.75, 3.05) is 19.8 Å². The Bertz CT molecular complexity index is 212. The third kappa shape index (κ3) is 3.19. The first-order valence-corrected chi connectivity index (χ1v) is 6.72. The van der Waals surface area contributed by atoms with Gasteiger partial charge >= 0.3 is 0 Å². The molecule has 0 bridgehead atoms. The number of aliphatic hydroxyl groups excluding tert-OH is 1. The molecule has 2 aliphatic carbocycles. The minimum Gasteiger partial charge on any atom is -0.394 e. The molecule has 0 heterocycles. The topological polar surface area (TPSA) is 55.5 Å². The summed E-state index contributed by atoms with van der Waals surface area (Å²) in [7, 11) is 0. The first-order chi connectivity index (χ1) is 7.74. The Kier molecular flexibility index (Phi) is 4.22. The van der Waals surface area contributed by atoms with Crippen molar-refractivity contribution in [1.29, 1.82) is 0 Å². The molecule has 2 rings (SSSR count). The van der Waals surface area contributed by atoms with E-state index in [4.69, 9.17) is 10.5 Å². The van der Waals surface area contributed by atoms with Gasteiger partial charge in [0.15, 0.2) is 0 Å². The van der Waals surface area contributed by atoms with Crippen LogP contribution in [0.5, 0.6) is 0 Å². The lowest BCUT2D eigenvalue weighted by Gasteiger charge is -2.29. The molecule has 3 heteroatoms. The second kappa shape index (κ2) is 5.48. The van der Waals surface area contributed by atoms with Gasteiger partial charge in [-0.2, -0.15) is 0 Å². The summed E-state index contributed by atoms with van der Waals surface area (Å²) in [6.45, 7) is 1.43. The van der Waals surface area contributed by atoms with Crippen LogP contribution in [0, 0.1) is 11.8 Å². The zero-order valence-electron chi connectivity index (χ0n) is 10.2. The molecule has 0 radical (unpaired) electrons. The molecule has 94 valence electrons. The lowest BCUT2D eigenvalue weighted by Crippen LogP contribution is -2.50. The van der Waals surface area contributed by atoms with Crippen LogP contribution < -0.4 is 5.73 Å². The molecular formula is C13H25NO2. The van der Waals surface area contributed by atoms with Crippen molar-refractivity contribution in [2.45, 2.75) is 50.5 Å². The van der Waals surface area contributed by atoms with E-state index in [-0.39, 0.29) is 6.61 Å². The van der Waals surface area contributed by atoms with E-state index in [9.17, 15) is 5.11 Å². The van der Waals surface area contributed by atoms with E-state index in [1.165, 1.54) is 32.1 Å². The molecule has 3 N–H and O–H groups in total. The quantitative estimate of drug-likeness (QED) is 0.726. The number of rotatable bonds is 6. The normalized spacial score (nSPS) is 26.6. The first kappa shape index (κ1) is 12.3. The van der Waals surface area contributed by atoms with Crippen molar-refractivity contribution in [3.8, 4) is 0 Å². The van der Waals surface area contributed by atoms with Gasteiger partial charge in [0.25, 0.3) is 0 Å². The second-order valence-corrected chi connectivity index (χ2v) is 5.68. The summed E-state index contributed by atoms with van der Waals surface area (Å²) in [6, 6.07) is 0. The van der Waals surface area contributed by atoms with Gasteiger partial charge < -0.3 is 15.6 Å². The Balaban J connectivity index is 1.65. The molecule has 3 nitrogen and oxygen atoms in total. The maximum absolute atomic E-state index is 9.33. The Labute approximate surface area is 98.4 Å². The van der Waals surface area contributed by atoms with E-state index in [0.717, 1.165) is 25.4 Å². The maximum atomic E-state index is 9.33. The van der Waals surface area contributed by atoms with Crippen molar-refractivity contribution >= 4 is 0 Å². The number of nitrogens with two attached hydrogens (primary N) is 1. The monoisotopic (exact) mass is 227 g/mol. The van der Waals surface area contributed by atoms with Crippen LogP contribution in [0.3, 0.4) is 0 Å². The summed E-state index contributed by atoms with van der Waals surface area (Å²) in [5.74, 6) is 1.22. The standard InChI is InChI=1S/C13H25NO2/c14-13(9-15,12-6-7-12)10-16-8-11-4-2-1-3-5-11/h11-12,15H,1-10,14H2. The highest BCUT2D eigenvalue weighted by atomic mass is 16.5. The average molecular weight is 227 g/mol. The van der Waals surface area contributed by atoms with E-state index in [1.54, 1.807) is 0 Å². The molecule has 1 atom stereocenters. The number of aliphatic hydroxyl groups is 1. The summed E-state index contributed by atoms with van der Waals surface area (Å²) in [5, 5.41) is 9.33. The Morgan fingerprint density at radius 1 is 1.12 bits per heavy atom. The van der Waals surface area contributed by atoms with Gasteiger partial charge in [-0.25, -0.2) is 0 Å². The van der Waals surface area contributed by atoms with Crippen LogP contribution in [0.4, 0.5) is 0 Å². The maximum Gasteiger partial charge on any atom is 0.0671 e. The van der Waals surface area contributed by atoms with Crippen molar-refractivity contribution in [1.82, 2.24) is 0 Å². The summed E-state index contributed by atoms with van der Waals surface area (Å²) in [6.07, 6.45) is 9.01. The van der Waals surface area contributed by atoms with Crippen LogP contribution >= 0.6 is 0 Å². The molecule has 2 aliphatic rings. The fourth-order valence-corrected chi connectivity index (χ4v) is 2.72. The van der Waals surface area contributed by atoms with Crippen LogP contribution in [0.15, 0.2) is 0 Å². The summed E-state index contributed by atoms with van der Waals surface area (Å²) in [5.41, 5.74) is 5.68. The molecule has 0 aromatic rings. The molecule has 1 unspecified atom stereocenters. The molecule has 2 fully saturated rings. The summed E-state index contributed by atoms with van der Waals surface area (Å²) >= 11 is 0. The third-order valence-electron chi connectivity index (χ3n) is 4.13. The lowest BCUT2D eigenvalue weighted by atomic mass is 9.90. The fourth-order valence-electron chi connectivity index (χ4n) is 2.72. The number of ether oxygens (including phenoxy) is 1. The van der Waals surface area contributed by atoms with E-state index in [0.29, 0.717) is 12.5 Å². The van der Waals surface area contributed by atoms with Crippen LogP contribution in [0.1, 0.15) is 44.9 Å². The molecule has 0 aromatic carbocycles. The second-order valence-electron chi connectivity index (χ2n) is 5.68. The first-order valence-electron chi connectivity index (χ1n) is 6.72. The van der Waals surface area contributed by atoms with Crippen LogP contribution in [0.2, 0.25) is 0 Å². The highest BCUT2D eigenvalue weighted by molar-refractivity contribution is 4.98. The number of hydrogen-bond donors (Lipinski definition) is 2. The highest BCUT2D eigenvalue weighted by Crippen LogP contribution is 2.38. The fraction of sp³-hybridized carbons (Fsp3) is 1.00. The average Bonchev–Trinajstić information content (AvgIpc) is 3.14. The van der Waals surface area contributed by atoms with Gasteiger partial charge in [-0.05, 0) is 37.5 Å². The molecular weight excluding hydrogens is 202 g/mol. The zero-order chi connectivity index (χ0) is 11.4. The molecule has 0 spiro atoms. The van der Waals surface area contributed by atoms with E-state index in [1.807, 2.05) is 0 Å². The van der Waals surface area contributed by atoms with Gasteiger partial charge in [0, 0.05) is 6.61 Å². The minimum absolute atomic E-state index is 0.0579. The third-order valence-corrected chi connectivity index (χ3v) is 4.13. The predicted octanol–water partition coefficient (Wildman–Crippen LogP) is 1.68. The van der Waals surface area contributed by atoms with Crippen molar-refractivity contribution < 1.29 is 9.84 Å². The highest BCUT2D eigenvalue weighted by Gasteiger charge is 2.42.